The predicted molar refractivity (Wildman–Crippen MR) is 78.7 cm³/mol. The van der Waals surface area contributed by atoms with Gasteiger partial charge in [-0.05, 0) is 38.5 Å². The highest BCUT2D eigenvalue weighted by atomic mass is 16.5. The number of carbonyl (C=O) groups excluding carboxylic acids is 2. The number of nitrogens with one attached hydrogen (secondary N) is 1. The Hall–Kier alpha value is -1.10. The van der Waals surface area contributed by atoms with Gasteiger partial charge in [-0.25, -0.2) is 0 Å². The standard InChI is InChI=1S/C16H26N2O3/c1-2-21-13-8-12(9-13)18-10-14(19)17-15(16(18)20)11-6-4-3-5-7-11/h11-13,15H,2-10H2,1H3,(H,17,19). The Balaban J connectivity index is 1.62. The Labute approximate surface area is 126 Å². The highest BCUT2D eigenvalue weighted by Crippen LogP contribution is 2.33. The third kappa shape index (κ3) is 3.07. The predicted octanol–water partition coefficient (Wildman–Crippen LogP) is 1.46. The van der Waals surface area contributed by atoms with Gasteiger partial charge in [-0.3, -0.25) is 9.59 Å². The summed E-state index contributed by atoms with van der Waals surface area (Å²) in [4.78, 5) is 26.5. The van der Waals surface area contributed by atoms with E-state index in [0.717, 1.165) is 32.3 Å². The number of hydrogen-bond donors (Lipinski definition) is 1. The number of carbonyl (C=O) groups is 2. The Morgan fingerprint density at radius 3 is 2.57 bits per heavy atom. The molecule has 0 aromatic carbocycles. The van der Waals surface area contributed by atoms with Crippen molar-refractivity contribution >= 4 is 11.8 Å². The summed E-state index contributed by atoms with van der Waals surface area (Å²) < 4.78 is 5.57. The molecule has 118 valence electrons. The van der Waals surface area contributed by atoms with Crippen molar-refractivity contribution in [2.75, 3.05) is 13.2 Å². The Morgan fingerprint density at radius 2 is 1.90 bits per heavy atom. The summed E-state index contributed by atoms with van der Waals surface area (Å²) in [5, 5.41) is 2.94. The minimum absolute atomic E-state index is 0.00466. The van der Waals surface area contributed by atoms with Gasteiger partial charge in [0.05, 0.1) is 12.6 Å². The molecule has 1 saturated heterocycles. The van der Waals surface area contributed by atoms with Gasteiger partial charge < -0.3 is 15.0 Å². The van der Waals surface area contributed by atoms with Crippen LogP contribution in [0.4, 0.5) is 0 Å². The first-order chi connectivity index (χ1) is 10.2. The number of nitrogens with zero attached hydrogens (tertiary/aromatic N) is 1. The molecule has 3 rings (SSSR count). The van der Waals surface area contributed by atoms with Crippen LogP contribution in [0.2, 0.25) is 0 Å². The van der Waals surface area contributed by atoms with Gasteiger partial charge in [-0.15, -0.1) is 0 Å². The lowest BCUT2D eigenvalue weighted by Crippen LogP contribution is -2.65. The molecule has 1 heterocycles. The summed E-state index contributed by atoms with van der Waals surface area (Å²) in [5.74, 6) is 0.479. The number of hydrogen-bond acceptors (Lipinski definition) is 3. The number of rotatable bonds is 4. The van der Waals surface area contributed by atoms with Crippen molar-refractivity contribution in [2.45, 2.75) is 70.1 Å². The molecule has 0 spiro atoms. The molecular weight excluding hydrogens is 268 g/mol. The number of piperazine rings is 1. The molecule has 2 saturated carbocycles. The van der Waals surface area contributed by atoms with E-state index in [0.29, 0.717) is 5.92 Å². The van der Waals surface area contributed by atoms with Gasteiger partial charge in [0.2, 0.25) is 11.8 Å². The lowest BCUT2D eigenvalue weighted by Gasteiger charge is -2.46. The van der Waals surface area contributed by atoms with Gasteiger partial charge in [0, 0.05) is 12.6 Å². The van der Waals surface area contributed by atoms with E-state index in [1.807, 2.05) is 11.8 Å². The average molecular weight is 294 g/mol. The van der Waals surface area contributed by atoms with E-state index in [1.54, 1.807) is 0 Å². The molecule has 0 radical (unpaired) electrons. The highest BCUT2D eigenvalue weighted by molar-refractivity contribution is 5.95. The van der Waals surface area contributed by atoms with Crippen LogP contribution in [0.1, 0.15) is 51.9 Å². The fourth-order valence-electron chi connectivity index (χ4n) is 3.95. The Kier molecular flexibility index (Phi) is 4.48. The molecule has 0 bridgehead atoms. The van der Waals surface area contributed by atoms with Crippen LogP contribution in [-0.4, -0.2) is 48.1 Å². The van der Waals surface area contributed by atoms with Crippen LogP contribution in [0.5, 0.6) is 0 Å². The van der Waals surface area contributed by atoms with Gasteiger partial charge in [-0.1, -0.05) is 19.3 Å². The summed E-state index contributed by atoms with van der Waals surface area (Å²) in [6, 6.07) is -0.0797. The maximum Gasteiger partial charge on any atom is 0.246 e. The Morgan fingerprint density at radius 1 is 1.19 bits per heavy atom. The van der Waals surface area contributed by atoms with Gasteiger partial charge >= 0.3 is 0 Å². The summed E-state index contributed by atoms with van der Waals surface area (Å²) in [5.41, 5.74) is 0. The second-order valence-electron chi connectivity index (χ2n) is 6.61. The summed E-state index contributed by atoms with van der Waals surface area (Å²) in [7, 11) is 0. The third-order valence-electron chi connectivity index (χ3n) is 5.21. The first-order valence-electron chi connectivity index (χ1n) is 8.40. The zero-order valence-electron chi connectivity index (χ0n) is 12.8. The molecule has 3 aliphatic rings. The van der Waals surface area contributed by atoms with Crippen LogP contribution in [0, 0.1) is 5.92 Å². The van der Waals surface area contributed by atoms with E-state index >= 15 is 0 Å². The zero-order chi connectivity index (χ0) is 14.8. The van der Waals surface area contributed by atoms with Crippen LogP contribution in [0.25, 0.3) is 0 Å². The van der Waals surface area contributed by atoms with Gasteiger partial charge in [0.25, 0.3) is 0 Å². The molecule has 21 heavy (non-hydrogen) atoms. The van der Waals surface area contributed by atoms with Crippen LogP contribution in [-0.2, 0) is 14.3 Å². The molecule has 0 aromatic heterocycles. The monoisotopic (exact) mass is 294 g/mol. The molecule has 1 N–H and O–H groups in total. The van der Waals surface area contributed by atoms with E-state index in [4.69, 9.17) is 4.74 Å². The second kappa shape index (κ2) is 6.34. The molecule has 5 nitrogen and oxygen atoms in total. The van der Waals surface area contributed by atoms with Gasteiger partial charge in [0.1, 0.15) is 6.04 Å². The number of ether oxygens (including phenoxy) is 1. The molecular formula is C16H26N2O3. The topological polar surface area (TPSA) is 58.6 Å². The first kappa shape index (κ1) is 14.8. The lowest BCUT2D eigenvalue weighted by molar-refractivity contribution is -0.154. The minimum atomic E-state index is -0.280. The maximum absolute atomic E-state index is 12.7. The molecule has 0 aromatic rings. The minimum Gasteiger partial charge on any atom is -0.378 e. The average Bonchev–Trinajstić information content (AvgIpc) is 2.46. The molecule has 2 aliphatic carbocycles. The van der Waals surface area contributed by atoms with Crippen LogP contribution >= 0.6 is 0 Å². The smallest absolute Gasteiger partial charge is 0.246 e. The van der Waals surface area contributed by atoms with E-state index in [1.165, 1.54) is 19.3 Å². The molecule has 1 unspecified atom stereocenters. The lowest BCUT2D eigenvalue weighted by atomic mass is 9.81. The molecule has 1 aliphatic heterocycles. The summed E-state index contributed by atoms with van der Waals surface area (Å²) >= 11 is 0. The summed E-state index contributed by atoms with van der Waals surface area (Å²) in [6.07, 6.45) is 7.78. The van der Waals surface area contributed by atoms with Crippen LogP contribution < -0.4 is 5.32 Å². The second-order valence-corrected chi connectivity index (χ2v) is 6.61. The molecule has 2 amide bonds. The number of amides is 2. The third-order valence-corrected chi connectivity index (χ3v) is 5.21. The van der Waals surface area contributed by atoms with Crippen molar-refractivity contribution in [3.63, 3.8) is 0 Å². The van der Waals surface area contributed by atoms with E-state index < -0.39 is 0 Å². The van der Waals surface area contributed by atoms with Crippen molar-refractivity contribution in [1.29, 1.82) is 0 Å². The van der Waals surface area contributed by atoms with Crippen molar-refractivity contribution in [1.82, 2.24) is 10.2 Å². The van der Waals surface area contributed by atoms with Gasteiger partial charge in [-0.2, -0.15) is 0 Å². The van der Waals surface area contributed by atoms with E-state index in [-0.39, 0.29) is 36.5 Å². The largest absolute Gasteiger partial charge is 0.378 e. The van der Waals surface area contributed by atoms with Crippen molar-refractivity contribution in [3.8, 4) is 0 Å². The van der Waals surface area contributed by atoms with E-state index in [9.17, 15) is 9.59 Å². The summed E-state index contributed by atoms with van der Waals surface area (Å²) in [6.45, 7) is 2.94. The van der Waals surface area contributed by atoms with E-state index in [2.05, 4.69) is 5.32 Å². The SMILES string of the molecule is CCOC1CC(N2CC(=O)NC(C3CCCCC3)C2=O)C1. The highest BCUT2D eigenvalue weighted by Gasteiger charge is 2.44. The fourth-order valence-corrected chi connectivity index (χ4v) is 3.95. The Bertz CT molecular complexity index is 400. The van der Waals surface area contributed by atoms with Crippen LogP contribution in [0.3, 0.4) is 0 Å². The first-order valence-corrected chi connectivity index (χ1v) is 8.40. The van der Waals surface area contributed by atoms with Crippen LogP contribution in [0.15, 0.2) is 0 Å². The maximum atomic E-state index is 12.7. The van der Waals surface area contributed by atoms with Crippen molar-refractivity contribution in [2.24, 2.45) is 5.92 Å². The molecule has 1 atom stereocenters. The normalized spacial score (nSPS) is 34.5. The molecule has 3 fully saturated rings. The molecule has 5 heteroatoms. The van der Waals surface area contributed by atoms with Gasteiger partial charge in [0.15, 0.2) is 0 Å². The quantitative estimate of drug-likeness (QED) is 0.854. The zero-order valence-corrected chi connectivity index (χ0v) is 12.8. The van der Waals surface area contributed by atoms with Crippen molar-refractivity contribution in [3.05, 3.63) is 0 Å². The van der Waals surface area contributed by atoms with Crippen molar-refractivity contribution < 1.29 is 14.3 Å². The fraction of sp³-hybridized carbons (Fsp3) is 0.875.